The molecule has 4 atom stereocenters. The molecule has 160 valence electrons. The standard InChI is InChI=1S/C15H29N7O6/c1-7(23)11(17)13(26)21-8(4-5-10(16)24)12(25)22-9(14(27)28)3-2-6-20-15(18)19/h7-9,11,23H,2-6,17H2,1H3,(H2,16,24)(H,21,26)(H,22,25)(H,27,28)(H4,18,19,20). The van der Waals surface area contributed by atoms with Gasteiger partial charge in [-0.3, -0.25) is 19.4 Å². The Morgan fingerprint density at radius 1 is 1.00 bits per heavy atom. The van der Waals surface area contributed by atoms with E-state index in [9.17, 15) is 29.4 Å². The fourth-order valence-electron chi connectivity index (χ4n) is 2.08. The van der Waals surface area contributed by atoms with Gasteiger partial charge in [-0.1, -0.05) is 0 Å². The lowest BCUT2D eigenvalue weighted by atomic mass is 10.1. The summed E-state index contributed by atoms with van der Waals surface area (Å²) in [6.45, 7) is 1.47. The summed E-state index contributed by atoms with van der Waals surface area (Å²) >= 11 is 0. The molecule has 0 aromatic heterocycles. The van der Waals surface area contributed by atoms with Gasteiger partial charge in [-0.05, 0) is 26.2 Å². The van der Waals surface area contributed by atoms with Crippen LogP contribution in [0.3, 0.4) is 0 Å². The second-order valence-corrected chi connectivity index (χ2v) is 6.18. The highest BCUT2D eigenvalue weighted by Gasteiger charge is 2.29. The third-order valence-corrected chi connectivity index (χ3v) is 3.69. The van der Waals surface area contributed by atoms with Crippen molar-refractivity contribution in [1.29, 1.82) is 0 Å². The number of nitrogens with one attached hydrogen (secondary N) is 2. The number of aliphatic hydroxyl groups excluding tert-OH is 1. The Morgan fingerprint density at radius 3 is 2.04 bits per heavy atom. The fraction of sp³-hybridized carbons (Fsp3) is 0.667. The van der Waals surface area contributed by atoms with Gasteiger partial charge in [0.15, 0.2) is 5.96 Å². The van der Waals surface area contributed by atoms with Crippen molar-refractivity contribution in [3.8, 4) is 0 Å². The van der Waals surface area contributed by atoms with Gasteiger partial charge in [0.05, 0.1) is 6.10 Å². The molecule has 0 aromatic rings. The minimum Gasteiger partial charge on any atom is -0.480 e. The number of nitrogens with two attached hydrogens (primary N) is 4. The molecule has 0 aromatic carbocycles. The Balaban J connectivity index is 5.05. The van der Waals surface area contributed by atoms with E-state index in [1.807, 2.05) is 0 Å². The number of carboxylic acid groups (broad SMARTS) is 1. The number of hydrogen-bond donors (Lipinski definition) is 8. The van der Waals surface area contributed by atoms with E-state index in [-0.39, 0.29) is 38.2 Å². The molecule has 12 N–H and O–H groups in total. The molecule has 0 rings (SSSR count). The average Bonchev–Trinajstić information content (AvgIpc) is 2.59. The number of nitrogens with zero attached hydrogens (tertiary/aromatic N) is 1. The van der Waals surface area contributed by atoms with Crippen LogP contribution in [-0.2, 0) is 19.2 Å². The second-order valence-electron chi connectivity index (χ2n) is 6.18. The summed E-state index contributed by atoms with van der Waals surface area (Å²) in [6, 6.07) is -3.83. The summed E-state index contributed by atoms with van der Waals surface area (Å²) in [6.07, 6.45) is -1.27. The van der Waals surface area contributed by atoms with Crippen molar-refractivity contribution in [2.24, 2.45) is 27.9 Å². The van der Waals surface area contributed by atoms with Gasteiger partial charge in [0.25, 0.3) is 0 Å². The predicted octanol–water partition coefficient (Wildman–Crippen LogP) is -3.93. The van der Waals surface area contributed by atoms with E-state index in [1.54, 1.807) is 0 Å². The summed E-state index contributed by atoms with van der Waals surface area (Å²) in [7, 11) is 0. The van der Waals surface area contributed by atoms with E-state index in [1.165, 1.54) is 6.92 Å². The van der Waals surface area contributed by atoms with Crippen molar-refractivity contribution >= 4 is 29.7 Å². The maximum absolute atomic E-state index is 12.4. The first-order valence-corrected chi connectivity index (χ1v) is 8.56. The molecule has 3 amide bonds. The molecule has 0 fully saturated rings. The van der Waals surface area contributed by atoms with E-state index in [0.29, 0.717) is 0 Å². The smallest absolute Gasteiger partial charge is 0.326 e. The lowest BCUT2D eigenvalue weighted by Crippen LogP contribution is -2.56. The Kier molecular flexibility index (Phi) is 11.2. The molecule has 0 aliphatic heterocycles. The van der Waals surface area contributed by atoms with Gasteiger partial charge in [-0.25, -0.2) is 4.79 Å². The lowest BCUT2D eigenvalue weighted by Gasteiger charge is -2.23. The number of carboxylic acids is 1. The Labute approximate surface area is 161 Å². The van der Waals surface area contributed by atoms with Crippen LogP contribution in [0.15, 0.2) is 4.99 Å². The number of guanidine groups is 1. The maximum Gasteiger partial charge on any atom is 0.326 e. The van der Waals surface area contributed by atoms with Crippen LogP contribution in [0.4, 0.5) is 0 Å². The Hall–Kier alpha value is -2.93. The number of carbonyl (C=O) groups excluding carboxylic acids is 3. The van der Waals surface area contributed by atoms with Crippen LogP contribution in [0.25, 0.3) is 0 Å². The van der Waals surface area contributed by atoms with Gasteiger partial charge in [0, 0.05) is 13.0 Å². The number of primary amides is 1. The van der Waals surface area contributed by atoms with Gasteiger partial charge in [0.1, 0.15) is 18.1 Å². The highest BCUT2D eigenvalue weighted by molar-refractivity contribution is 5.92. The molecule has 0 aliphatic rings. The number of carbonyl (C=O) groups is 4. The Bertz CT molecular complexity index is 591. The molecule has 0 bridgehead atoms. The molecule has 13 heteroatoms. The highest BCUT2D eigenvalue weighted by Crippen LogP contribution is 2.04. The normalized spacial score (nSPS) is 14.8. The van der Waals surface area contributed by atoms with Crippen molar-refractivity contribution in [2.45, 2.75) is 56.8 Å². The molecule has 0 radical (unpaired) electrons. The summed E-state index contributed by atoms with van der Waals surface area (Å²) in [5, 5.41) is 23.2. The van der Waals surface area contributed by atoms with Gasteiger partial charge in [0.2, 0.25) is 17.7 Å². The molecule has 28 heavy (non-hydrogen) atoms. The van der Waals surface area contributed by atoms with Gasteiger partial charge in [-0.2, -0.15) is 0 Å². The van der Waals surface area contributed by atoms with Crippen LogP contribution in [0, 0.1) is 0 Å². The molecule has 0 saturated heterocycles. The number of aliphatic carboxylic acids is 1. The average molecular weight is 403 g/mol. The quantitative estimate of drug-likeness (QED) is 0.0847. The fourth-order valence-corrected chi connectivity index (χ4v) is 2.08. The van der Waals surface area contributed by atoms with Crippen molar-refractivity contribution < 1.29 is 29.4 Å². The summed E-state index contributed by atoms with van der Waals surface area (Å²) < 4.78 is 0. The van der Waals surface area contributed by atoms with E-state index >= 15 is 0 Å². The number of hydrogen-bond acceptors (Lipinski definition) is 7. The topological polar surface area (TPSA) is 249 Å². The van der Waals surface area contributed by atoms with Crippen molar-refractivity contribution in [3.05, 3.63) is 0 Å². The monoisotopic (exact) mass is 403 g/mol. The molecule has 4 unspecified atom stereocenters. The second kappa shape index (κ2) is 12.5. The molecular weight excluding hydrogens is 374 g/mol. The Morgan fingerprint density at radius 2 is 1.57 bits per heavy atom. The third-order valence-electron chi connectivity index (χ3n) is 3.69. The van der Waals surface area contributed by atoms with Crippen LogP contribution in [0.1, 0.15) is 32.6 Å². The minimum absolute atomic E-state index is 0.0293. The highest BCUT2D eigenvalue weighted by atomic mass is 16.4. The van der Waals surface area contributed by atoms with Crippen LogP contribution < -0.4 is 33.6 Å². The zero-order valence-corrected chi connectivity index (χ0v) is 15.6. The zero-order chi connectivity index (χ0) is 21.9. The van der Waals surface area contributed by atoms with Crippen LogP contribution >= 0.6 is 0 Å². The first kappa shape index (κ1) is 25.1. The van der Waals surface area contributed by atoms with E-state index in [0.717, 1.165) is 0 Å². The summed E-state index contributed by atoms with van der Waals surface area (Å²) in [5.41, 5.74) is 20.9. The largest absolute Gasteiger partial charge is 0.480 e. The predicted molar refractivity (Wildman–Crippen MR) is 99.5 cm³/mol. The van der Waals surface area contributed by atoms with E-state index in [4.69, 9.17) is 22.9 Å². The number of aliphatic imine (C=N–C) groups is 1. The van der Waals surface area contributed by atoms with Gasteiger partial charge >= 0.3 is 5.97 Å². The number of amides is 3. The summed E-state index contributed by atoms with van der Waals surface area (Å²) in [4.78, 5) is 50.5. The first-order chi connectivity index (χ1) is 13.0. The number of aliphatic hydroxyl groups is 1. The molecule has 13 nitrogen and oxygen atoms in total. The maximum atomic E-state index is 12.4. The SMILES string of the molecule is CC(O)C(N)C(=O)NC(CCC(N)=O)C(=O)NC(CCCN=C(N)N)C(=O)O. The molecule has 0 aliphatic carbocycles. The lowest BCUT2D eigenvalue weighted by molar-refractivity contribution is -0.142. The van der Waals surface area contributed by atoms with Crippen LogP contribution in [0.2, 0.25) is 0 Å². The van der Waals surface area contributed by atoms with E-state index < -0.39 is 47.9 Å². The van der Waals surface area contributed by atoms with Crippen LogP contribution in [0.5, 0.6) is 0 Å². The first-order valence-electron chi connectivity index (χ1n) is 8.56. The minimum atomic E-state index is -1.31. The van der Waals surface area contributed by atoms with Crippen molar-refractivity contribution in [1.82, 2.24) is 10.6 Å². The van der Waals surface area contributed by atoms with Crippen molar-refractivity contribution in [2.75, 3.05) is 6.54 Å². The third kappa shape index (κ3) is 10.3. The zero-order valence-electron chi connectivity index (χ0n) is 15.6. The molecule has 0 heterocycles. The van der Waals surface area contributed by atoms with Gasteiger partial charge in [-0.15, -0.1) is 0 Å². The van der Waals surface area contributed by atoms with Gasteiger partial charge < -0.3 is 43.8 Å². The van der Waals surface area contributed by atoms with Crippen LogP contribution in [-0.4, -0.2) is 70.6 Å². The molecule has 0 saturated carbocycles. The van der Waals surface area contributed by atoms with E-state index in [2.05, 4.69) is 15.6 Å². The summed E-state index contributed by atoms with van der Waals surface area (Å²) in [5.74, 6) is -3.81. The molecule has 0 spiro atoms. The molecular formula is C15H29N7O6. The van der Waals surface area contributed by atoms with Crippen molar-refractivity contribution in [3.63, 3.8) is 0 Å². The number of rotatable bonds is 13.